The van der Waals surface area contributed by atoms with Gasteiger partial charge in [-0.25, -0.2) is 13.8 Å². The standard InChI is InChI=1S/C10H10F2N4O/c11-7-3-8(12)10(15-9(7)14)16-1-2-17-6(4-13)5-16/h3,6H,1-2,5H2,(H2,14,15). The minimum atomic E-state index is -0.892. The van der Waals surface area contributed by atoms with Crippen LogP contribution in [-0.4, -0.2) is 30.8 Å². The van der Waals surface area contributed by atoms with Gasteiger partial charge in [-0.2, -0.15) is 5.26 Å². The lowest BCUT2D eigenvalue weighted by Crippen LogP contribution is -2.42. The third-order valence-corrected chi connectivity index (χ3v) is 2.45. The second-order valence-corrected chi connectivity index (χ2v) is 3.60. The van der Waals surface area contributed by atoms with Crippen LogP contribution < -0.4 is 10.6 Å². The fourth-order valence-electron chi connectivity index (χ4n) is 1.61. The van der Waals surface area contributed by atoms with E-state index in [-0.39, 0.29) is 24.8 Å². The van der Waals surface area contributed by atoms with E-state index >= 15 is 0 Å². The number of nitrogen functional groups attached to an aromatic ring is 1. The van der Waals surface area contributed by atoms with Gasteiger partial charge in [0.1, 0.15) is 0 Å². The number of morpholine rings is 1. The average Bonchev–Trinajstić information content (AvgIpc) is 2.34. The van der Waals surface area contributed by atoms with E-state index in [1.165, 1.54) is 4.90 Å². The van der Waals surface area contributed by atoms with Crippen molar-refractivity contribution in [2.45, 2.75) is 6.10 Å². The molecule has 2 N–H and O–H groups in total. The maximum Gasteiger partial charge on any atom is 0.168 e. The first-order valence-electron chi connectivity index (χ1n) is 4.99. The van der Waals surface area contributed by atoms with Crippen LogP contribution in [0, 0.1) is 23.0 Å². The van der Waals surface area contributed by atoms with Crippen LogP contribution in [0.4, 0.5) is 20.4 Å². The van der Waals surface area contributed by atoms with Crippen LogP contribution in [0.2, 0.25) is 0 Å². The van der Waals surface area contributed by atoms with Gasteiger partial charge >= 0.3 is 0 Å². The van der Waals surface area contributed by atoms with E-state index < -0.39 is 17.7 Å². The van der Waals surface area contributed by atoms with Crippen molar-refractivity contribution in [1.82, 2.24) is 4.98 Å². The van der Waals surface area contributed by atoms with E-state index in [1.807, 2.05) is 6.07 Å². The lowest BCUT2D eigenvalue weighted by molar-refractivity contribution is 0.0759. The summed E-state index contributed by atoms with van der Waals surface area (Å²) in [4.78, 5) is 5.17. The molecule has 5 nitrogen and oxygen atoms in total. The monoisotopic (exact) mass is 240 g/mol. The van der Waals surface area contributed by atoms with Gasteiger partial charge in [0.05, 0.1) is 19.2 Å². The Hall–Kier alpha value is -1.94. The number of nitriles is 1. The Bertz CT molecular complexity index is 474. The molecule has 1 saturated heterocycles. The molecule has 1 fully saturated rings. The van der Waals surface area contributed by atoms with Crippen LogP contribution in [-0.2, 0) is 4.74 Å². The number of anilines is 2. The van der Waals surface area contributed by atoms with Crippen LogP contribution >= 0.6 is 0 Å². The normalized spacial score (nSPS) is 20.1. The van der Waals surface area contributed by atoms with Gasteiger partial charge in [-0.3, -0.25) is 0 Å². The summed E-state index contributed by atoms with van der Waals surface area (Å²) in [6.45, 7) is 0.856. The largest absolute Gasteiger partial charge is 0.381 e. The molecule has 2 rings (SSSR count). The number of halogens is 2. The van der Waals surface area contributed by atoms with Gasteiger partial charge in [0.15, 0.2) is 29.4 Å². The number of hydrogen-bond acceptors (Lipinski definition) is 5. The first kappa shape index (κ1) is 11.5. The molecule has 1 unspecified atom stereocenters. The minimum absolute atomic E-state index is 0.0487. The van der Waals surface area contributed by atoms with Crippen LogP contribution in [0.5, 0.6) is 0 Å². The Kier molecular flexibility index (Phi) is 3.06. The van der Waals surface area contributed by atoms with Crippen molar-refractivity contribution in [3.05, 3.63) is 17.7 Å². The Morgan fingerprint density at radius 2 is 2.29 bits per heavy atom. The lowest BCUT2D eigenvalue weighted by atomic mass is 10.3. The maximum absolute atomic E-state index is 13.5. The number of nitrogens with zero attached hydrogens (tertiary/aromatic N) is 3. The molecule has 0 amide bonds. The highest BCUT2D eigenvalue weighted by Gasteiger charge is 2.24. The zero-order valence-corrected chi connectivity index (χ0v) is 8.86. The van der Waals surface area contributed by atoms with Crippen molar-refractivity contribution in [3.8, 4) is 6.07 Å². The summed E-state index contributed by atoms with van der Waals surface area (Å²) in [6.07, 6.45) is -0.642. The predicted molar refractivity (Wildman–Crippen MR) is 56.1 cm³/mol. The molecule has 90 valence electrons. The first-order chi connectivity index (χ1) is 8.11. The third kappa shape index (κ3) is 2.26. The highest BCUT2D eigenvalue weighted by atomic mass is 19.1. The van der Waals surface area contributed by atoms with E-state index in [2.05, 4.69) is 4.98 Å². The fourth-order valence-corrected chi connectivity index (χ4v) is 1.61. The Labute approximate surface area is 96.4 Å². The van der Waals surface area contributed by atoms with Gasteiger partial charge in [0, 0.05) is 12.6 Å². The number of rotatable bonds is 1. The van der Waals surface area contributed by atoms with Crippen molar-refractivity contribution < 1.29 is 13.5 Å². The molecule has 1 aromatic rings. The predicted octanol–water partition coefficient (Wildman–Crippen LogP) is 0.671. The van der Waals surface area contributed by atoms with Gasteiger partial charge in [-0.1, -0.05) is 0 Å². The highest BCUT2D eigenvalue weighted by Crippen LogP contribution is 2.22. The van der Waals surface area contributed by atoms with Crippen LogP contribution in [0.1, 0.15) is 0 Å². The van der Waals surface area contributed by atoms with Crippen LogP contribution in [0.15, 0.2) is 6.07 Å². The third-order valence-electron chi connectivity index (χ3n) is 2.45. The van der Waals surface area contributed by atoms with E-state index in [1.54, 1.807) is 0 Å². The minimum Gasteiger partial charge on any atom is -0.381 e. The van der Waals surface area contributed by atoms with Crippen molar-refractivity contribution in [2.24, 2.45) is 0 Å². The summed E-state index contributed by atoms with van der Waals surface area (Å²) in [5.41, 5.74) is 5.29. The molecule has 0 aromatic carbocycles. The van der Waals surface area contributed by atoms with Crippen molar-refractivity contribution in [3.63, 3.8) is 0 Å². The van der Waals surface area contributed by atoms with Gasteiger partial charge in [0.2, 0.25) is 0 Å². The second kappa shape index (κ2) is 4.51. The van der Waals surface area contributed by atoms with Crippen molar-refractivity contribution >= 4 is 11.6 Å². The molecule has 1 aromatic heterocycles. The molecule has 1 aliphatic heterocycles. The molecular weight excluding hydrogens is 230 g/mol. The van der Waals surface area contributed by atoms with E-state index in [4.69, 9.17) is 15.7 Å². The highest BCUT2D eigenvalue weighted by molar-refractivity contribution is 5.47. The summed E-state index contributed by atoms with van der Waals surface area (Å²) < 4.78 is 31.6. The molecule has 2 heterocycles. The number of pyridine rings is 1. The summed E-state index contributed by atoms with van der Waals surface area (Å²) in [5, 5.41) is 8.72. The van der Waals surface area contributed by atoms with Crippen LogP contribution in [0.25, 0.3) is 0 Å². The Morgan fingerprint density at radius 1 is 1.53 bits per heavy atom. The van der Waals surface area contributed by atoms with Gasteiger partial charge in [-0.05, 0) is 0 Å². The molecule has 17 heavy (non-hydrogen) atoms. The molecule has 0 aliphatic carbocycles. The zero-order chi connectivity index (χ0) is 12.4. The molecule has 0 bridgehead atoms. The zero-order valence-electron chi connectivity index (χ0n) is 8.86. The molecule has 1 atom stereocenters. The first-order valence-corrected chi connectivity index (χ1v) is 4.99. The number of hydrogen-bond donors (Lipinski definition) is 1. The SMILES string of the molecule is N#CC1CN(c2nc(N)c(F)cc2F)CCO1. The quantitative estimate of drug-likeness (QED) is 0.780. The molecule has 0 saturated carbocycles. The van der Waals surface area contributed by atoms with Crippen LogP contribution in [0.3, 0.4) is 0 Å². The van der Waals surface area contributed by atoms with Crippen molar-refractivity contribution in [2.75, 3.05) is 30.3 Å². The molecule has 0 radical (unpaired) electrons. The van der Waals surface area contributed by atoms with Gasteiger partial charge in [0.25, 0.3) is 0 Å². The summed E-state index contributed by atoms with van der Waals surface area (Å²) in [6, 6.07) is 2.62. The van der Waals surface area contributed by atoms with E-state index in [9.17, 15) is 8.78 Å². The summed E-state index contributed by atoms with van der Waals surface area (Å²) in [5.74, 6) is -2.10. The molecule has 0 spiro atoms. The van der Waals surface area contributed by atoms with Gasteiger partial charge in [-0.15, -0.1) is 0 Å². The lowest BCUT2D eigenvalue weighted by Gasteiger charge is -2.30. The maximum atomic E-state index is 13.5. The Morgan fingerprint density at radius 3 is 3.00 bits per heavy atom. The number of ether oxygens (including phenoxy) is 1. The van der Waals surface area contributed by atoms with E-state index in [0.717, 1.165) is 0 Å². The van der Waals surface area contributed by atoms with Gasteiger partial charge < -0.3 is 15.4 Å². The summed E-state index contributed by atoms with van der Waals surface area (Å²) >= 11 is 0. The summed E-state index contributed by atoms with van der Waals surface area (Å²) in [7, 11) is 0. The smallest absolute Gasteiger partial charge is 0.168 e. The topological polar surface area (TPSA) is 75.2 Å². The Balaban J connectivity index is 2.28. The van der Waals surface area contributed by atoms with E-state index in [0.29, 0.717) is 12.6 Å². The molecule has 1 aliphatic rings. The average molecular weight is 240 g/mol. The number of nitrogens with two attached hydrogens (primary N) is 1. The second-order valence-electron chi connectivity index (χ2n) is 3.60. The fraction of sp³-hybridized carbons (Fsp3) is 0.400. The van der Waals surface area contributed by atoms with Crippen molar-refractivity contribution in [1.29, 1.82) is 5.26 Å². The molecule has 7 heteroatoms. The number of aromatic nitrogens is 1. The molecular formula is C10H10F2N4O.